The molecule has 1 aliphatic carbocycles. The van der Waals surface area contributed by atoms with Crippen LogP contribution in [-0.2, 0) is 6.54 Å². The summed E-state index contributed by atoms with van der Waals surface area (Å²) in [5.74, 6) is 1.12. The number of aliphatic hydroxyl groups is 1. The van der Waals surface area contributed by atoms with Gasteiger partial charge in [0.25, 0.3) is 0 Å². The fourth-order valence-electron chi connectivity index (χ4n) is 4.01. The molecule has 4 heteroatoms. The third-order valence-corrected chi connectivity index (χ3v) is 5.21. The summed E-state index contributed by atoms with van der Waals surface area (Å²) in [6, 6.07) is 5.01. The molecule has 2 aliphatic rings. The summed E-state index contributed by atoms with van der Waals surface area (Å²) in [6.07, 6.45) is 10.9. The number of aromatic nitrogens is 1. The number of nitrogens with zero attached hydrogens (tertiary/aromatic N) is 3. The summed E-state index contributed by atoms with van der Waals surface area (Å²) in [5.41, 5.74) is 1.26. The fraction of sp³-hybridized carbons (Fsp3) is 0.737. The maximum atomic E-state index is 9.86. The Labute approximate surface area is 140 Å². The van der Waals surface area contributed by atoms with E-state index in [4.69, 9.17) is 0 Å². The van der Waals surface area contributed by atoms with E-state index >= 15 is 0 Å². The summed E-state index contributed by atoms with van der Waals surface area (Å²) in [4.78, 5) is 9.52. The summed E-state index contributed by atoms with van der Waals surface area (Å²) in [7, 11) is 0. The number of hydrogen-bond donors (Lipinski definition) is 1. The first-order valence-electron chi connectivity index (χ1n) is 9.34. The van der Waals surface area contributed by atoms with Gasteiger partial charge in [0.05, 0.1) is 6.10 Å². The molecule has 0 amide bonds. The van der Waals surface area contributed by atoms with Crippen LogP contribution in [0.1, 0.15) is 57.4 Å². The first-order chi connectivity index (χ1) is 11.2. The van der Waals surface area contributed by atoms with Crippen LogP contribution in [0.3, 0.4) is 0 Å². The average Bonchev–Trinajstić information content (AvgIpc) is 3.10. The summed E-state index contributed by atoms with van der Waals surface area (Å²) in [5, 5.41) is 9.86. The van der Waals surface area contributed by atoms with Gasteiger partial charge in [-0.3, -0.25) is 4.90 Å². The van der Waals surface area contributed by atoms with Crippen molar-refractivity contribution in [3.05, 3.63) is 23.9 Å². The van der Waals surface area contributed by atoms with Gasteiger partial charge in [-0.25, -0.2) is 4.98 Å². The molecule has 4 nitrogen and oxygen atoms in total. The predicted molar refractivity (Wildman–Crippen MR) is 94.6 cm³/mol. The highest BCUT2D eigenvalue weighted by Gasteiger charge is 2.22. The zero-order valence-corrected chi connectivity index (χ0v) is 14.5. The number of pyridine rings is 1. The van der Waals surface area contributed by atoms with Gasteiger partial charge in [0.1, 0.15) is 5.82 Å². The fourth-order valence-corrected chi connectivity index (χ4v) is 4.01. The lowest BCUT2D eigenvalue weighted by Gasteiger charge is -2.35. The van der Waals surface area contributed by atoms with Crippen LogP contribution in [0.4, 0.5) is 5.82 Å². The average molecular weight is 317 g/mol. The van der Waals surface area contributed by atoms with Crippen LogP contribution in [-0.4, -0.2) is 46.8 Å². The van der Waals surface area contributed by atoms with Crippen LogP contribution in [0.15, 0.2) is 18.3 Å². The third kappa shape index (κ3) is 4.67. The molecule has 0 aromatic carbocycles. The normalized spacial score (nSPS) is 21.1. The molecule has 1 aromatic rings. The lowest BCUT2D eigenvalue weighted by Crippen LogP contribution is -2.40. The molecule has 3 rings (SSSR count). The van der Waals surface area contributed by atoms with Crippen molar-refractivity contribution in [2.75, 3.05) is 24.5 Å². The van der Waals surface area contributed by atoms with Crippen LogP contribution in [0.5, 0.6) is 0 Å². The zero-order chi connectivity index (χ0) is 16.1. The van der Waals surface area contributed by atoms with Crippen molar-refractivity contribution >= 4 is 5.82 Å². The van der Waals surface area contributed by atoms with Crippen molar-refractivity contribution in [1.82, 2.24) is 9.88 Å². The van der Waals surface area contributed by atoms with Crippen LogP contribution in [0.25, 0.3) is 0 Å². The van der Waals surface area contributed by atoms with E-state index in [9.17, 15) is 5.11 Å². The van der Waals surface area contributed by atoms with E-state index in [2.05, 4.69) is 26.9 Å². The van der Waals surface area contributed by atoms with Gasteiger partial charge in [0, 0.05) is 38.4 Å². The van der Waals surface area contributed by atoms with E-state index in [-0.39, 0.29) is 6.10 Å². The summed E-state index contributed by atoms with van der Waals surface area (Å²) < 4.78 is 0. The largest absolute Gasteiger partial charge is 0.392 e. The highest BCUT2D eigenvalue weighted by Crippen LogP contribution is 2.25. The van der Waals surface area contributed by atoms with Crippen molar-refractivity contribution in [2.45, 2.75) is 70.6 Å². The highest BCUT2D eigenvalue weighted by atomic mass is 16.3. The maximum Gasteiger partial charge on any atom is 0.128 e. The summed E-state index contributed by atoms with van der Waals surface area (Å²) >= 11 is 0. The molecule has 2 fully saturated rings. The third-order valence-electron chi connectivity index (χ3n) is 5.21. The molecular weight excluding hydrogens is 286 g/mol. The van der Waals surface area contributed by atoms with E-state index in [1.54, 1.807) is 0 Å². The highest BCUT2D eigenvalue weighted by molar-refractivity contribution is 5.40. The molecule has 0 spiro atoms. The number of anilines is 1. The van der Waals surface area contributed by atoms with Crippen molar-refractivity contribution < 1.29 is 5.11 Å². The van der Waals surface area contributed by atoms with E-state index in [1.165, 1.54) is 50.5 Å². The molecule has 1 N–H and O–H groups in total. The van der Waals surface area contributed by atoms with E-state index < -0.39 is 0 Å². The van der Waals surface area contributed by atoms with Crippen molar-refractivity contribution in [2.24, 2.45) is 0 Å². The molecule has 0 radical (unpaired) electrons. The Morgan fingerprint density at radius 3 is 2.52 bits per heavy atom. The predicted octanol–water partition coefficient (Wildman–Crippen LogP) is 3.20. The molecule has 1 aliphatic heterocycles. The van der Waals surface area contributed by atoms with Gasteiger partial charge in [-0.2, -0.15) is 0 Å². The van der Waals surface area contributed by atoms with Gasteiger partial charge in [0.2, 0.25) is 0 Å². The molecule has 1 unspecified atom stereocenters. The molecule has 23 heavy (non-hydrogen) atoms. The lowest BCUT2D eigenvalue weighted by molar-refractivity contribution is 0.0768. The second kappa shape index (κ2) is 8.11. The van der Waals surface area contributed by atoms with Gasteiger partial charge < -0.3 is 10.0 Å². The molecule has 1 saturated carbocycles. The molecule has 1 saturated heterocycles. The van der Waals surface area contributed by atoms with Gasteiger partial charge in [-0.15, -0.1) is 0 Å². The first-order valence-corrected chi connectivity index (χ1v) is 9.34. The number of hydrogen-bond acceptors (Lipinski definition) is 4. The molecule has 1 atom stereocenters. The SMILES string of the molecule is CC(O)CN(Cc1ccc(N2CCCC2)nc1)C1CCCCC1. The molecule has 128 valence electrons. The van der Waals surface area contributed by atoms with E-state index in [1.807, 2.05) is 13.1 Å². The number of rotatable bonds is 6. The minimum absolute atomic E-state index is 0.270. The molecule has 0 bridgehead atoms. The Bertz CT molecular complexity index is 462. The minimum Gasteiger partial charge on any atom is -0.392 e. The van der Waals surface area contributed by atoms with Crippen LogP contribution in [0, 0.1) is 0 Å². The van der Waals surface area contributed by atoms with Crippen molar-refractivity contribution in [3.63, 3.8) is 0 Å². The number of aliphatic hydroxyl groups excluding tert-OH is 1. The van der Waals surface area contributed by atoms with Gasteiger partial charge in [-0.05, 0) is 44.2 Å². The smallest absolute Gasteiger partial charge is 0.128 e. The van der Waals surface area contributed by atoms with Crippen LogP contribution >= 0.6 is 0 Å². The molecule has 1 aromatic heterocycles. The van der Waals surface area contributed by atoms with Gasteiger partial charge >= 0.3 is 0 Å². The monoisotopic (exact) mass is 317 g/mol. The van der Waals surface area contributed by atoms with Crippen molar-refractivity contribution in [1.29, 1.82) is 0 Å². The van der Waals surface area contributed by atoms with E-state index in [0.717, 1.165) is 32.0 Å². The van der Waals surface area contributed by atoms with E-state index in [0.29, 0.717) is 6.04 Å². The maximum absolute atomic E-state index is 9.86. The zero-order valence-electron chi connectivity index (χ0n) is 14.5. The standard InChI is InChI=1S/C19H31N3O/c1-16(23)14-22(18-7-3-2-4-8-18)15-17-9-10-19(20-13-17)21-11-5-6-12-21/h9-10,13,16,18,23H,2-8,11-12,14-15H2,1H3. The minimum atomic E-state index is -0.270. The Morgan fingerprint density at radius 2 is 1.91 bits per heavy atom. The van der Waals surface area contributed by atoms with Gasteiger partial charge in [0.15, 0.2) is 0 Å². The second-order valence-corrected chi connectivity index (χ2v) is 7.29. The first kappa shape index (κ1) is 16.7. The summed E-state index contributed by atoms with van der Waals surface area (Å²) in [6.45, 7) is 5.84. The Balaban J connectivity index is 1.63. The Kier molecular flexibility index (Phi) is 5.90. The Hall–Kier alpha value is -1.13. The second-order valence-electron chi connectivity index (χ2n) is 7.29. The lowest BCUT2D eigenvalue weighted by atomic mass is 9.93. The van der Waals surface area contributed by atoms with Crippen LogP contribution in [0.2, 0.25) is 0 Å². The molecular formula is C19H31N3O. The molecule has 2 heterocycles. The Morgan fingerprint density at radius 1 is 1.17 bits per heavy atom. The topological polar surface area (TPSA) is 39.6 Å². The quantitative estimate of drug-likeness (QED) is 0.874. The van der Waals surface area contributed by atoms with Gasteiger partial charge in [-0.1, -0.05) is 25.3 Å². The van der Waals surface area contributed by atoms with Crippen LogP contribution < -0.4 is 4.90 Å². The van der Waals surface area contributed by atoms with Crippen molar-refractivity contribution in [3.8, 4) is 0 Å².